The minimum atomic E-state index is -0.250. The number of nitrogens with zero attached hydrogens (tertiary/aromatic N) is 1. The molecule has 158 valence electrons. The molecule has 3 aromatic rings. The highest BCUT2D eigenvalue weighted by Crippen LogP contribution is 2.24. The summed E-state index contributed by atoms with van der Waals surface area (Å²) >= 11 is 0. The Bertz CT molecular complexity index is 954. The fourth-order valence-electron chi connectivity index (χ4n) is 2.63. The van der Waals surface area contributed by atoms with E-state index in [1.54, 1.807) is 6.07 Å². The van der Waals surface area contributed by atoms with Crippen LogP contribution in [-0.2, 0) is 11.3 Å². The first-order valence-electron chi connectivity index (χ1n) is 9.46. The van der Waals surface area contributed by atoms with Gasteiger partial charge in [-0.1, -0.05) is 44.2 Å². The number of rotatable bonds is 8. The summed E-state index contributed by atoms with van der Waals surface area (Å²) in [6.45, 7) is 5.03. The number of nitrogen functional groups attached to an aromatic ring is 1. The zero-order chi connectivity index (χ0) is 21.9. The van der Waals surface area contributed by atoms with Crippen LogP contribution in [0.4, 0.5) is 5.69 Å². The van der Waals surface area contributed by atoms with Crippen LogP contribution in [0.5, 0.6) is 5.75 Å². The van der Waals surface area contributed by atoms with Gasteiger partial charge >= 0.3 is 0 Å². The molecule has 0 atom stereocenters. The van der Waals surface area contributed by atoms with Crippen molar-refractivity contribution in [1.82, 2.24) is 9.97 Å². The van der Waals surface area contributed by atoms with E-state index >= 15 is 0 Å². The Morgan fingerprint density at radius 3 is 2.63 bits per heavy atom. The van der Waals surface area contributed by atoms with Crippen molar-refractivity contribution < 1.29 is 14.6 Å². The Morgan fingerprint density at radius 1 is 1.30 bits per heavy atom. The van der Waals surface area contributed by atoms with E-state index in [1.165, 1.54) is 0 Å². The smallest absolute Gasteiger partial charge is 0.290 e. The number of aromatic nitrogens is 2. The lowest BCUT2D eigenvalue weighted by Gasteiger charge is -2.14. The van der Waals surface area contributed by atoms with Crippen LogP contribution in [0.2, 0.25) is 0 Å². The van der Waals surface area contributed by atoms with E-state index in [-0.39, 0.29) is 12.3 Å². The first-order valence-corrected chi connectivity index (χ1v) is 9.46. The number of imidazole rings is 1. The maximum absolute atomic E-state index is 8.36. The largest absolute Gasteiger partial charge is 0.492 e. The molecular weight excluding hydrogens is 382 g/mol. The van der Waals surface area contributed by atoms with Crippen LogP contribution < -0.4 is 15.8 Å². The number of carboxylic acid groups (broad SMARTS) is 1. The van der Waals surface area contributed by atoms with Gasteiger partial charge in [-0.25, -0.2) is 4.98 Å². The lowest BCUT2D eigenvalue weighted by molar-refractivity contribution is -0.122. The molecule has 0 aliphatic carbocycles. The van der Waals surface area contributed by atoms with Gasteiger partial charge in [-0.3, -0.25) is 10.2 Å². The molecule has 1 aromatic heterocycles. The van der Waals surface area contributed by atoms with Gasteiger partial charge < -0.3 is 25.9 Å². The second-order valence-electron chi connectivity index (χ2n) is 6.90. The number of aromatic amines is 1. The number of anilines is 1. The molecule has 30 heavy (non-hydrogen) atoms. The number of nitrogens with two attached hydrogens (primary N) is 1. The molecule has 0 aliphatic heterocycles. The highest BCUT2D eigenvalue weighted by atomic mass is 16.5. The van der Waals surface area contributed by atoms with Crippen molar-refractivity contribution in [3.8, 4) is 17.0 Å². The van der Waals surface area contributed by atoms with E-state index < -0.39 is 0 Å². The van der Waals surface area contributed by atoms with Crippen molar-refractivity contribution in [3.05, 3.63) is 66.1 Å². The number of hydrogen-bond donors (Lipinski definition) is 5. The molecule has 0 amide bonds. The van der Waals surface area contributed by atoms with E-state index in [0.29, 0.717) is 30.4 Å². The summed E-state index contributed by atoms with van der Waals surface area (Å²) < 4.78 is 5.83. The van der Waals surface area contributed by atoms with E-state index in [0.717, 1.165) is 22.8 Å². The van der Waals surface area contributed by atoms with Crippen LogP contribution in [0.25, 0.3) is 11.3 Å². The predicted molar refractivity (Wildman–Crippen MR) is 118 cm³/mol. The lowest BCUT2D eigenvalue weighted by Crippen LogP contribution is -2.15. The second-order valence-corrected chi connectivity index (χ2v) is 6.90. The number of carbonyl (C=O) groups is 1. The van der Waals surface area contributed by atoms with Crippen LogP contribution in [-0.4, -0.2) is 34.0 Å². The standard InChI is InChI=1S/C21H25N5O.CH2O2/c1-14(2)13-27-19-10-16(8-9-17(19)21(22)23)24-12-20-25-11-18(26-20)15-6-4-3-5-7-15;2-1-3/h3-11,14,24H,12-13H2,1-2H3,(H3,22,23)(H,25,26);1H,(H,2,3). The number of ether oxygens (including phenoxy) is 1. The van der Waals surface area contributed by atoms with Gasteiger partial charge in [-0.15, -0.1) is 0 Å². The molecule has 3 rings (SSSR count). The van der Waals surface area contributed by atoms with E-state index in [4.69, 9.17) is 25.8 Å². The summed E-state index contributed by atoms with van der Waals surface area (Å²) in [5.74, 6) is 1.85. The fourth-order valence-corrected chi connectivity index (χ4v) is 2.63. The molecule has 0 saturated heterocycles. The Labute approximate surface area is 175 Å². The normalized spacial score (nSPS) is 10.1. The first kappa shape index (κ1) is 22.5. The van der Waals surface area contributed by atoms with Crippen molar-refractivity contribution in [1.29, 1.82) is 5.41 Å². The Hall–Kier alpha value is -3.81. The van der Waals surface area contributed by atoms with E-state index in [1.807, 2.05) is 48.7 Å². The highest BCUT2D eigenvalue weighted by Gasteiger charge is 2.10. The van der Waals surface area contributed by atoms with Crippen LogP contribution >= 0.6 is 0 Å². The monoisotopic (exact) mass is 409 g/mol. The summed E-state index contributed by atoms with van der Waals surface area (Å²) in [6.07, 6.45) is 1.84. The Morgan fingerprint density at radius 2 is 2.00 bits per heavy atom. The van der Waals surface area contributed by atoms with Crippen LogP contribution in [0.3, 0.4) is 0 Å². The second kappa shape index (κ2) is 11.3. The maximum atomic E-state index is 8.36. The highest BCUT2D eigenvalue weighted by molar-refractivity contribution is 5.98. The molecular formula is C22H27N5O3. The SMILES string of the molecule is CC(C)COc1cc(NCc2ncc(-c3ccccc3)[nH]2)ccc1C(=N)N.O=CO. The predicted octanol–water partition coefficient (Wildman–Crippen LogP) is 3.71. The number of nitrogens with one attached hydrogen (secondary N) is 3. The zero-order valence-corrected chi connectivity index (χ0v) is 17.1. The molecule has 0 fully saturated rings. The molecule has 0 saturated carbocycles. The van der Waals surface area contributed by atoms with Crippen molar-refractivity contribution in [3.63, 3.8) is 0 Å². The first-order chi connectivity index (χ1) is 14.4. The molecule has 6 N–H and O–H groups in total. The molecule has 2 aromatic carbocycles. The molecule has 1 heterocycles. The summed E-state index contributed by atoms with van der Waals surface area (Å²) in [6, 6.07) is 15.7. The van der Waals surface area contributed by atoms with Gasteiger partial charge in [-0.2, -0.15) is 0 Å². The van der Waals surface area contributed by atoms with E-state index in [2.05, 4.69) is 29.1 Å². The average molecular weight is 409 g/mol. The average Bonchev–Trinajstić information content (AvgIpc) is 3.21. The number of amidine groups is 1. The van der Waals surface area contributed by atoms with Crippen LogP contribution in [0.1, 0.15) is 25.2 Å². The molecule has 0 unspecified atom stereocenters. The van der Waals surface area contributed by atoms with Crippen molar-refractivity contribution in [2.24, 2.45) is 11.7 Å². The van der Waals surface area contributed by atoms with Gasteiger partial charge in [-0.05, 0) is 23.6 Å². The van der Waals surface area contributed by atoms with Gasteiger partial charge in [0.15, 0.2) is 0 Å². The zero-order valence-electron chi connectivity index (χ0n) is 17.1. The van der Waals surface area contributed by atoms with Gasteiger partial charge in [0.25, 0.3) is 6.47 Å². The Kier molecular flexibility index (Phi) is 8.43. The minimum absolute atomic E-state index is 0.00107. The fraction of sp³-hybridized carbons (Fsp3) is 0.227. The molecule has 0 spiro atoms. The van der Waals surface area contributed by atoms with Gasteiger partial charge in [0, 0.05) is 11.8 Å². The van der Waals surface area contributed by atoms with Crippen molar-refractivity contribution in [2.45, 2.75) is 20.4 Å². The molecule has 0 bridgehead atoms. The molecule has 0 radical (unpaired) electrons. The molecule has 8 nitrogen and oxygen atoms in total. The summed E-state index contributed by atoms with van der Waals surface area (Å²) in [4.78, 5) is 16.1. The summed E-state index contributed by atoms with van der Waals surface area (Å²) in [5.41, 5.74) is 9.24. The number of H-pyrrole nitrogens is 1. The van der Waals surface area contributed by atoms with Gasteiger partial charge in [0.05, 0.1) is 30.6 Å². The minimum Gasteiger partial charge on any atom is -0.492 e. The third-order valence-corrected chi connectivity index (χ3v) is 4.02. The Balaban J connectivity index is 0.00000101. The van der Waals surface area contributed by atoms with Crippen LogP contribution in [0, 0.1) is 11.3 Å². The summed E-state index contributed by atoms with van der Waals surface area (Å²) in [7, 11) is 0. The maximum Gasteiger partial charge on any atom is 0.290 e. The quantitative estimate of drug-likeness (QED) is 0.218. The number of benzene rings is 2. The third kappa shape index (κ3) is 6.66. The third-order valence-electron chi connectivity index (χ3n) is 4.02. The van der Waals surface area contributed by atoms with Gasteiger partial charge in [0.1, 0.15) is 17.4 Å². The van der Waals surface area contributed by atoms with E-state index in [9.17, 15) is 0 Å². The number of hydrogen-bond acceptors (Lipinski definition) is 5. The molecule has 0 aliphatic rings. The van der Waals surface area contributed by atoms with Crippen molar-refractivity contribution >= 4 is 18.0 Å². The van der Waals surface area contributed by atoms with Gasteiger partial charge in [0.2, 0.25) is 0 Å². The topological polar surface area (TPSA) is 137 Å². The van der Waals surface area contributed by atoms with Crippen LogP contribution in [0.15, 0.2) is 54.7 Å². The summed E-state index contributed by atoms with van der Waals surface area (Å²) in [5, 5.41) is 17.9. The van der Waals surface area contributed by atoms with Crippen molar-refractivity contribution in [2.75, 3.05) is 11.9 Å². The molecule has 8 heteroatoms. The lowest BCUT2D eigenvalue weighted by atomic mass is 10.1.